The highest BCUT2D eigenvalue weighted by Crippen LogP contribution is 2.17. The summed E-state index contributed by atoms with van der Waals surface area (Å²) in [6, 6.07) is 7.46. The van der Waals surface area contributed by atoms with Gasteiger partial charge in [0.25, 0.3) is 0 Å². The summed E-state index contributed by atoms with van der Waals surface area (Å²) in [5.41, 5.74) is 0.855. The van der Waals surface area contributed by atoms with Crippen LogP contribution in [0.15, 0.2) is 30.3 Å². The second kappa shape index (κ2) is 7.54. The van der Waals surface area contributed by atoms with E-state index in [9.17, 15) is 4.79 Å². The first kappa shape index (κ1) is 14.3. The molecule has 1 aromatic rings. The number of hydrogen-bond donors (Lipinski definition) is 1. The number of carboxylic acid groups (broad SMARTS) is 1. The summed E-state index contributed by atoms with van der Waals surface area (Å²) in [6.07, 6.45) is 6.11. The number of ether oxygens (including phenoxy) is 1. The third kappa shape index (κ3) is 5.04. The van der Waals surface area contributed by atoms with Crippen molar-refractivity contribution in [3.05, 3.63) is 35.9 Å². The minimum Gasteiger partial charge on any atom is -0.490 e. The normalized spacial score (nSPS) is 12.6. The predicted octanol–water partition coefficient (Wildman–Crippen LogP) is 3.74. The molecule has 0 radical (unpaired) electrons. The van der Waals surface area contributed by atoms with Gasteiger partial charge in [0.05, 0.1) is 6.10 Å². The zero-order chi connectivity index (χ0) is 13.4. The van der Waals surface area contributed by atoms with Crippen molar-refractivity contribution in [3.63, 3.8) is 0 Å². The largest absolute Gasteiger partial charge is 0.490 e. The predicted molar refractivity (Wildman–Crippen MR) is 72.7 cm³/mol. The summed E-state index contributed by atoms with van der Waals surface area (Å²) in [4.78, 5) is 10.4. The minimum absolute atomic E-state index is 0.260. The third-order valence-corrected chi connectivity index (χ3v) is 2.67. The van der Waals surface area contributed by atoms with Gasteiger partial charge < -0.3 is 9.84 Å². The topological polar surface area (TPSA) is 46.5 Å². The van der Waals surface area contributed by atoms with Crippen LogP contribution in [0.25, 0.3) is 6.08 Å². The van der Waals surface area contributed by atoms with Crippen LogP contribution >= 0.6 is 0 Å². The van der Waals surface area contributed by atoms with Crippen molar-refractivity contribution in [1.29, 1.82) is 0 Å². The Morgan fingerprint density at radius 3 is 2.50 bits per heavy atom. The lowest BCUT2D eigenvalue weighted by Gasteiger charge is -2.16. The highest BCUT2D eigenvalue weighted by Gasteiger charge is 2.06. The summed E-state index contributed by atoms with van der Waals surface area (Å²) in [6.45, 7) is 4.26. The van der Waals surface area contributed by atoms with E-state index in [4.69, 9.17) is 9.84 Å². The molecule has 0 saturated heterocycles. The van der Waals surface area contributed by atoms with Crippen LogP contribution in [-0.4, -0.2) is 17.2 Å². The van der Waals surface area contributed by atoms with Gasteiger partial charge in [-0.15, -0.1) is 0 Å². The van der Waals surface area contributed by atoms with Gasteiger partial charge in [0, 0.05) is 6.08 Å². The first-order chi connectivity index (χ1) is 8.65. The van der Waals surface area contributed by atoms with Gasteiger partial charge in [0.2, 0.25) is 0 Å². The summed E-state index contributed by atoms with van der Waals surface area (Å²) in [5, 5.41) is 8.53. The van der Waals surface area contributed by atoms with Crippen molar-refractivity contribution in [2.24, 2.45) is 0 Å². The summed E-state index contributed by atoms with van der Waals surface area (Å²) < 4.78 is 5.84. The molecule has 0 aromatic heterocycles. The quantitative estimate of drug-likeness (QED) is 0.748. The highest BCUT2D eigenvalue weighted by molar-refractivity contribution is 5.85. The lowest BCUT2D eigenvalue weighted by Crippen LogP contribution is -2.14. The SMILES string of the molecule is CCCC(CC)Oc1ccc(/C=C/C(=O)O)cc1. The zero-order valence-electron chi connectivity index (χ0n) is 10.9. The first-order valence-corrected chi connectivity index (χ1v) is 6.33. The molecule has 0 spiro atoms. The Kier molecular flexibility index (Phi) is 5.98. The van der Waals surface area contributed by atoms with E-state index >= 15 is 0 Å². The molecule has 0 aliphatic heterocycles. The Labute approximate surface area is 108 Å². The van der Waals surface area contributed by atoms with E-state index in [1.54, 1.807) is 6.08 Å². The fourth-order valence-corrected chi connectivity index (χ4v) is 1.69. The van der Waals surface area contributed by atoms with Crippen molar-refractivity contribution < 1.29 is 14.6 Å². The molecule has 3 heteroatoms. The number of carbonyl (C=O) groups is 1. The minimum atomic E-state index is -0.940. The standard InChI is InChI=1S/C15H20O3/c1-3-5-13(4-2)18-14-9-6-12(7-10-14)8-11-15(16)17/h6-11,13H,3-5H2,1-2H3,(H,16,17)/b11-8+. The number of hydrogen-bond acceptors (Lipinski definition) is 2. The summed E-state index contributed by atoms with van der Waals surface area (Å²) in [7, 11) is 0. The van der Waals surface area contributed by atoms with E-state index in [0.717, 1.165) is 36.7 Å². The Morgan fingerprint density at radius 1 is 1.33 bits per heavy atom. The van der Waals surface area contributed by atoms with E-state index in [-0.39, 0.29) is 6.10 Å². The average Bonchev–Trinajstić information content (AvgIpc) is 2.37. The van der Waals surface area contributed by atoms with Gasteiger partial charge in [-0.2, -0.15) is 0 Å². The molecule has 1 N–H and O–H groups in total. The van der Waals surface area contributed by atoms with Crippen molar-refractivity contribution in [3.8, 4) is 5.75 Å². The maximum absolute atomic E-state index is 10.4. The fourth-order valence-electron chi connectivity index (χ4n) is 1.69. The monoisotopic (exact) mass is 248 g/mol. The average molecular weight is 248 g/mol. The summed E-state index contributed by atoms with van der Waals surface area (Å²) in [5.74, 6) is -0.105. The third-order valence-electron chi connectivity index (χ3n) is 2.67. The van der Waals surface area contributed by atoms with Gasteiger partial charge in [-0.05, 0) is 36.6 Å². The number of rotatable bonds is 7. The fraction of sp³-hybridized carbons (Fsp3) is 0.400. The van der Waals surface area contributed by atoms with Gasteiger partial charge in [-0.1, -0.05) is 32.4 Å². The van der Waals surface area contributed by atoms with Gasteiger partial charge in [-0.25, -0.2) is 4.79 Å². The van der Waals surface area contributed by atoms with E-state index in [0.29, 0.717) is 0 Å². The van der Waals surface area contributed by atoms with Crippen molar-refractivity contribution in [1.82, 2.24) is 0 Å². The molecule has 1 rings (SSSR count). The maximum atomic E-state index is 10.4. The van der Waals surface area contributed by atoms with Gasteiger partial charge in [0.1, 0.15) is 5.75 Å². The molecule has 1 unspecified atom stereocenters. The lowest BCUT2D eigenvalue weighted by molar-refractivity contribution is -0.131. The van der Waals surface area contributed by atoms with Gasteiger partial charge in [0.15, 0.2) is 0 Å². The number of carboxylic acids is 1. The van der Waals surface area contributed by atoms with E-state index in [1.807, 2.05) is 24.3 Å². The number of aliphatic carboxylic acids is 1. The van der Waals surface area contributed by atoms with Crippen molar-refractivity contribution in [2.75, 3.05) is 0 Å². The van der Waals surface area contributed by atoms with Crippen LogP contribution in [0.2, 0.25) is 0 Å². The highest BCUT2D eigenvalue weighted by atomic mass is 16.5. The molecule has 1 aromatic carbocycles. The number of benzene rings is 1. The van der Waals surface area contributed by atoms with Crippen LogP contribution < -0.4 is 4.74 Å². The molecule has 98 valence electrons. The first-order valence-electron chi connectivity index (χ1n) is 6.33. The maximum Gasteiger partial charge on any atom is 0.328 e. The second-order valence-corrected chi connectivity index (χ2v) is 4.18. The van der Waals surface area contributed by atoms with Crippen molar-refractivity contribution >= 4 is 12.0 Å². The summed E-state index contributed by atoms with van der Waals surface area (Å²) >= 11 is 0. The lowest BCUT2D eigenvalue weighted by atomic mass is 10.1. The molecule has 18 heavy (non-hydrogen) atoms. The van der Waals surface area contributed by atoms with Crippen LogP contribution in [-0.2, 0) is 4.79 Å². The molecule has 0 aliphatic rings. The molecule has 0 saturated carbocycles. The van der Waals surface area contributed by atoms with Gasteiger partial charge >= 0.3 is 5.97 Å². The molecule has 0 fully saturated rings. The Balaban J connectivity index is 2.62. The molecule has 0 bridgehead atoms. The Morgan fingerprint density at radius 2 is 2.00 bits per heavy atom. The second-order valence-electron chi connectivity index (χ2n) is 4.18. The van der Waals surface area contributed by atoms with Crippen LogP contribution in [0.5, 0.6) is 5.75 Å². The molecule has 0 aliphatic carbocycles. The van der Waals surface area contributed by atoms with Crippen LogP contribution in [0.4, 0.5) is 0 Å². The van der Waals surface area contributed by atoms with E-state index < -0.39 is 5.97 Å². The smallest absolute Gasteiger partial charge is 0.328 e. The molecular weight excluding hydrogens is 228 g/mol. The van der Waals surface area contributed by atoms with Gasteiger partial charge in [-0.3, -0.25) is 0 Å². The molecule has 1 atom stereocenters. The molecule has 0 heterocycles. The van der Waals surface area contributed by atoms with E-state index in [2.05, 4.69) is 13.8 Å². The van der Waals surface area contributed by atoms with Crippen LogP contribution in [0, 0.1) is 0 Å². The molecule has 3 nitrogen and oxygen atoms in total. The zero-order valence-corrected chi connectivity index (χ0v) is 10.9. The van der Waals surface area contributed by atoms with Crippen molar-refractivity contribution in [2.45, 2.75) is 39.2 Å². The molecule has 0 amide bonds. The Hall–Kier alpha value is -1.77. The molecular formula is C15H20O3. The van der Waals surface area contributed by atoms with Crippen LogP contribution in [0.1, 0.15) is 38.7 Å². The Bertz CT molecular complexity index is 393. The van der Waals surface area contributed by atoms with Crippen LogP contribution in [0.3, 0.4) is 0 Å². The van der Waals surface area contributed by atoms with E-state index in [1.165, 1.54) is 0 Å².